The van der Waals surface area contributed by atoms with E-state index < -0.39 is 12.0 Å². The average molecular weight is 334 g/mol. The van der Waals surface area contributed by atoms with E-state index in [1.807, 2.05) is 20.9 Å². The highest BCUT2D eigenvalue weighted by atomic mass is 16.4. The molecule has 1 aliphatic heterocycles. The summed E-state index contributed by atoms with van der Waals surface area (Å²) in [5, 5.41) is 14.3. The predicted molar refractivity (Wildman–Crippen MR) is 93.1 cm³/mol. The van der Waals surface area contributed by atoms with Gasteiger partial charge in [-0.05, 0) is 26.7 Å². The maximum atomic E-state index is 12.0. The number of aliphatic carboxylic acids is 1. The second kappa shape index (κ2) is 7.23. The van der Waals surface area contributed by atoms with Gasteiger partial charge in [0.25, 0.3) is 0 Å². The summed E-state index contributed by atoms with van der Waals surface area (Å²) >= 11 is 0. The Bertz CT molecular complexity index is 584. The van der Waals surface area contributed by atoms with E-state index in [0.29, 0.717) is 6.04 Å². The van der Waals surface area contributed by atoms with Crippen molar-refractivity contribution in [1.29, 1.82) is 0 Å². The van der Waals surface area contributed by atoms with Crippen LogP contribution in [0.25, 0.3) is 0 Å². The number of carbonyl (C=O) groups is 1. The Morgan fingerprint density at radius 3 is 2.25 bits per heavy atom. The molecule has 134 valence electrons. The van der Waals surface area contributed by atoms with Gasteiger partial charge in [0.2, 0.25) is 0 Å². The van der Waals surface area contributed by atoms with E-state index >= 15 is 0 Å². The average Bonchev–Trinajstić information content (AvgIpc) is 2.83. The van der Waals surface area contributed by atoms with Gasteiger partial charge in [-0.15, -0.1) is 0 Å². The number of carboxylic acid groups (broad SMARTS) is 1. The third-order valence-corrected chi connectivity index (χ3v) is 5.88. The molecular formula is C18H30N4O2. The highest BCUT2D eigenvalue weighted by molar-refractivity contribution is 5.76. The number of rotatable bonds is 4. The zero-order chi connectivity index (χ0) is 17.3. The van der Waals surface area contributed by atoms with Gasteiger partial charge >= 0.3 is 5.97 Å². The van der Waals surface area contributed by atoms with E-state index in [9.17, 15) is 9.90 Å². The SMILES string of the molecule is Cc1nn(C)c(C)c1[C@@H](C(=O)O)N1CCN(C2CCCCC2)CC1. The molecule has 0 radical (unpaired) electrons. The van der Waals surface area contributed by atoms with Crippen molar-refractivity contribution in [3.05, 3.63) is 17.0 Å². The molecule has 0 amide bonds. The number of carboxylic acids is 1. The number of nitrogens with zero attached hydrogens (tertiary/aromatic N) is 4. The van der Waals surface area contributed by atoms with Gasteiger partial charge in [0, 0.05) is 50.5 Å². The fourth-order valence-electron chi connectivity index (χ4n) is 4.45. The normalized spacial score (nSPS) is 22.6. The van der Waals surface area contributed by atoms with Gasteiger partial charge in [-0.3, -0.25) is 19.3 Å². The lowest BCUT2D eigenvalue weighted by atomic mass is 9.93. The Hall–Kier alpha value is -1.40. The molecule has 1 atom stereocenters. The molecule has 1 saturated carbocycles. The maximum Gasteiger partial charge on any atom is 0.325 e. The lowest BCUT2D eigenvalue weighted by molar-refractivity contribution is -0.144. The van der Waals surface area contributed by atoms with Crippen LogP contribution in [0.3, 0.4) is 0 Å². The topological polar surface area (TPSA) is 61.6 Å². The van der Waals surface area contributed by atoms with Crippen LogP contribution in [0.15, 0.2) is 0 Å². The van der Waals surface area contributed by atoms with Crippen LogP contribution in [-0.4, -0.2) is 62.9 Å². The van der Waals surface area contributed by atoms with Crippen molar-refractivity contribution >= 4 is 5.97 Å². The van der Waals surface area contributed by atoms with Crippen molar-refractivity contribution < 1.29 is 9.90 Å². The molecule has 6 nitrogen and oxygen atoms in total. The fraction of sp³-hybridized carbons (Fsp3) is 0.778. The first kappa shape index (κ1) is 17.4. The molecule has 1 aromatic rings. The minimum absolute atomic E-state index is 0.577. The maximum absolute atomic E-state index is 12.0. The monoisotopic (exact) mass is 334 g/mol. The van der Waals surface area contributed by atoms with Crippen LogP contribution in [0.4, 0.5) is 0 Å². The number of hydrogen-bond acceptors (Lipinski definition) is 4. The van der Waals surface area contributed by atoms with Crippen molar-refractivity contribution in [2.75, 3.05) is 26.2 Å². The van der Waals surface area contributed by atoms with E-state index in [1.54, 1.807) is 4.68 Å². The second-order valence-electron chi connectivity index (χ2n) is 7.31. The van der Waals surface area contributed by atoms with Gasteiger partial charge in [-0.25, -0.2) is 0 Å². The van der Waals surface area contributed by atoms with Gasteiger partial charge < -0.3 is 5.11 Å². The third kappa shape index (κ3) is 3.35. The van der Waals surface area contributed by atoms with Crippen LogP contribution in [0.5, 0.6) is 0 Å². The first-order valence-electron chi connectivity index (χ1n) is 9.20. The minimum atomic E-state index is -0.764. The van der Waals surface area contributed by atoms with E-state index in [4.69, 9.17) is 0 Å². The quantitative estimate of drug-likeness (QED) is 0.914. The van der Waals surface area contributed by atoms with Crippen molar-refractivity contribution in [1.82, 2.24) is 19.6 Å². The van der Waals surface area contributed by atoms with Crippen molar-refractivity contribution in [2.45, 2.75) is 58.0 Å². The Balaban J connectivity index is 1.71. The molecule has 2 heterocycles. The summed E-state index contributed by atoms with van der Waals surface area (Å²) in [7, 11) is 1.88. The van der Waals surface area contributed by atoms with Crippen molar-refractivity contribution in [3.8, 4) is 0 Å². The summed E-state index contributed by atoms with van der Waals surface area (Å²) in [5.41, 5.74) is 2.66. The molecule has 2 aliphatic rings. The first-order chi connectivity index (χ1) is 11.5. The van der Waals surface area contributed by atoms with Crippen LogP contribution in [0, 0.1) is 13.8 Å². The summed E-state index contributed by atoms with van der Waals surface area (Å²) in [5.74, 6) is -0.764. The lowest BCUT2D eigenvalue weighted by Crippen LogP contribution is -2.52. The molecule has 1 aromatic heterocycles. The molecular weight excluding hydrogens is 304 g/mol. The Kier molecular flexibility index (Phi) is 5.25. The highest BCUT2D eigenvalue weighted by Gasteiger charge is 2.35. The number of aromatic nitrogens is 2. The van der Waals surface area contributed by atoms with E-state index in [-0.39, 0.29) is 0 Å². The fourth-order valence-corrected chi connectivity index (χ4v) is 4.45. The molecule has 1 N–H and O–H groups in total. The zero-order valence-electron chi connectivity index (χ0n) is 15.2. The molecule has 0 bridgehead atoms. The Labute approximate surface area is 144 Å². The third-order valence-electron chi connectivity index (χ3n) is 5.88. The van der Waals surface area contributed by atoms with E-state index in [0.717, 1.165) is 43.1 Å². The van der Waals surface area contributed by atoms with Gasteiger partial charge in [0.1, 0.15) is 6.04 Å². The molecule has 1 aliphatic carbocycles. The zero-order valence-corrected chi connectivity index (χ0v) is 15.2. The summed E-state index contributed by atoms with van der Waals surface area (Å²) in [6.07, 6.45) is 6.68. The standard InChI is InChI=1S/C18H30N4O2/c1-13-16(14(2)20(3)19-13)17(18(23)24)22-11-9-21(10-12-22)15-7-5-4-6-8-15/h15,17H,4-12H2,1-3H3,(H,23,24)/t17-/m0/s1. The van der Waals surface area contributed by atoms with Crippen molar-refractivity contribution in [3.63, 3.8) is 0 Å². The van der Waals surface area contributed by atoms with Gasteiger partial charge in [0.05, 0.1) is 5.69 Å². The molecule has 24 heavy (non-hydrogen) atoms. The Morgan fingerprint density at radius 2 is 1.75 bits per heavy atom. The Morgan fingerprint density at radius 1 is 1.12 bits per heavy atom. The smallest absolute Gasteiger partial charge is 0.325 e. The molecule has 0 spiro atoms. The minimum Gasteiger partial charge on any atom is -0.480 e. The van der Waals surface area contributed by atoms with Crippen LogP contribution in [-0.2, 0) is 11.8 Å². The summed E-state index contributed by atoms with van der Waals surface area (Å²) < 4.78 is 1.79. The summed E-state index contributed by atoms with van der Waals surface area (Å²) in [4.78, 5) is 16.7. The molecule has 6 heteroatoms. The molecule has 0 aromatic carbocycles. The van der Waals surface area contributed by atoms with E-state index in [2.05, 4.69) is 14.9 Å². The van der Waals surface area contributed by atoms with E-state index in [1.165, 1.54) is 32.1 Å². The number of piperazine rings is 1. The highest BCUT2D eigenvalue weighted by Crippen LogP contribution is 2.29. The van der Waals surface area contributed by atoms with Gasteiger partial charge in [0.15, 0.2) is 0 Å². The molecule has 2 fully saturated rings. The van der Waals surface area contributed by atoms with Crippen LogP contribution >= 0.6 is 0 Å². The molecule has 3 rings (SSSR count). The van der Waals surface area contributed by atoms with Crippen LogP contribution in [0.2, 0.25) is 0 Å². The summed E-state index contributed by atoms with van der Waals surface area (Å²) in [6, 6.07) is 0.137. The van der Waals surface area contributed by atoms with Gasteiger partial charge in [-0.1, -0.05) is 19.3 Å². The predicted octanol–water partition coefficient (Wildman–Crippen LogP) is 2.11. The first-order valence-corrected chi connectivity index (χ1v) is 9.20. The number of aryl methyl sites for hydroxylation is 2. The second-order valence-corrected chi connectivity index (χ2v) is 7.31. The largest absolute Gasteiger partial charge is 0.480 e. The lowest BCUT2D eigenvalue weighted by Gasteiger charge is -2.42. The summed E-state index contributed by atoms with van der Waals surface area (Å²) in [6.45, 7) is 7.47. The molecule has 0 unspecified atom stereocenters. The van der Waals surface area contributed by atoms with Crippen molar-refractivity contribution in [2.24, 2.45) is 7.05 Å². The number of hydrogen-bond donors (Lipinski definition) is 1. The van der Waals surface area contributed by atoms with Crippen LogP contribution < -0.4 is 0 Å². The van der Waals surface area contributed by atoms with Gasteiger partial charge in [-0.2, -0.15) is 5.10 Å². The molecule has 1 saturated heterocycles. The van der Waals surface area contributed by atoms with Crippen LogP contribution in [0.1, 0.15) is 55.1 Å².